The topological polar surface area (TPSA) is 62.3 Å². The summed E-state index contributed by atoms with van der Waals surface area (Å²) in [4.78, 5) is 11.3. The Balaban J connectivity index is 1.53. The zero-order valence-electron chi connectivity index (χ0n) is 16.6. The quantitative estimate of drug-likeness (QED) is 0.544. The highest BCUT2D eigenvalue weighted by molar-refractivity contribution is 7.80. The molecule has 2 heterocycles. The van der Waals surface area contributed by atoms with Gasteiger partial charge in [-0.25, -0.2) is 0 Å². The number of methoxy groups -OCH3 is 1. The lowest BCUT2D eigenvalue weighted by molar-refractivity contribution is 0.396. The van der Waals surface area contributed by atoms with Crippen LogP contribution >= 0.6 is 12.2 Å². The average Bonchev–Trinajstić information content (AvgIpc) is 2.71. The molecular weight excluding hydrogens is 370 g/mol. The first-order valence-electron chi connectivity index (χ1n) is 9.91. The van der Waals surface area contributed by atoms with Crippen LogP contribution in [0.5, 0.6) is 5.88 Å². The zero-order chi connectivity index (χ0) is 19.8. The molecule has 150 valence electrons. The van der Waals surface area contributed by atoms with Crippen LogP contribution in [0.3, 0.4) is 0 Å². The van der Waals surface area contributed by atoms with Crippen LogP contribution in [-0.4, -0.2) is 41.8 Å². The summed E-state index contributed by atoms with van der Waals surface area (Å²) >= 11 is 5.41. The van der Waals surface area contributed by atoms with E-state index in [1.54, 1.807) is 7.11 Å². The Morgan fingerprint density at radius 2 is 2.11 bits per heavy atom. The van der Waals surface area contributed by atoms with Gasteiger partial charge in [-0.3, -0.25) is 0 Å². The molecule has 0 unspecified atom stereocenters. The van der Waals surface area contributed by atoms with Crippen molar-refractivity contribution in [3.63, 3.8) is 0 Å². The van der Waals surface area contributed by atoms with Gasteiger partial charge in [0.15, 0.2) is 5.11 Å². The molecule has 0 bridgehead atoms. The van der Waals surface area contributed by atoms with Gasteiger partial charge in [0.2, 0.25) is 11.8 Å². The molecule has 1 aromatic heterocycles. The lowest BCUT2D eigenvalue weighted by Gasteiger charge is -2.32. The summed E-state index contributed by atoms with van der Waals surface area (Å²) in [5, 5.41) is 6.86. The summed E-state index contributed by atoms with van der Waals surface area (Å²) < 4.78 is 5.36. The van der Waals surface area contributed by atoms with E-state index < -0.39 is 0 Å². The number of nitrogens with one attached hydrogen (secondary N) is 2. The van der Waals surface area contributed by atoms with Gasteiger partial charge in [0.05, 0.1) is 7.11 Å². The summed E-state index contributed by atoms with van der Waals surface area (Å²) in [5.41, 5.74) is 1.33. The lowest BCUT2D eigenvalue weighted by Crippen LogP contribution is -2.35. The summed E-state index contributed by atoms with van der Waals surface area (Å²) in [6, 6.07) is 12.3. The van der Waals surface area contributed by atoms with Gasteiger partial charge in [-0.05, 0) is 49.4 Å². The van der Waals surface area contributed by atoms with Crippen LogP contribution in [0.1, 0.15) is 31.7 Å². The molecule has 1 saturated heterocycles. The van der Waals surface area contributed by atoms with E-state index in [9.17, 15) is 0 Å². The Morgan fingerprint density at radius 3 is 2.86 bits per heavy atom. The molecular formula is C21H29N5OS. The van der Waals surface area contributed by atoms with Gasteiger partial charge in [0.1, 0.15) is 5.82 Å². The number of hydrogen-bond acceptors (Lipinski definition) is 5. The first kappa shape index (κ1) is 20.3. The van der Waals surface area contributed by atoms with Crippen LogP contribution in [0.25, 0.3) is 0 Å². The molecule has 6 nitrogen and oxygen atoms in total. The maximum Gasteiger partial charge on any atom is 0.234 e. The molecule has 0 spiro atoms. The van der Waals surface area contributed by atoms with Crippen molar-refractivity contribution in [3.8, 4) is 5.88 Å². The second-order valence-corrected chi connectivity index (χ2v) is 7.66. The zero-order valence-corrected chi connectivity index (χ0v) is 17.5. The Kier molecular flexibility index (Phi) is 7.42. The van der Waals surface area contributed by atoms with Gasteiger partial charge in [0.25, 0.3) is 0 Å². The molecule has 3 rings (SSSR count). The average molecular weight is 400 g/mol. The van der Waals surface area contributed by atoms with Crippen molar-refractivity contribution in [2.45, 2.75) is 32.6 Å². The largest absolute Gasteiger partial charge is 0.481 e. The highest BCUT2D eigenvalue weighted by Crippen LogP contribution is 2.25. The number of anilines is 2. The summed E-state index contributed by atoms with van der Waals surface area (Å²) in [7, 11) is 1.62. The second kappa shape index (κ2) is 10.2. The lowest BCUT2D eigenvalue weighted by atomic mass is 10.0. The van der Waals surface area contributed by atoms with E-state index in [1.165, 1.54) is 18.4 Å². The number of piperidine rings is 1. The van der Waals surface area contributed by atoms with Crippen molar-refractivity contribution in [1.82, 2.24) is 15.3 Å². The van der Waals surface area contributed by atoms with Gasteiger partial charge in [-0.2, -0.15) is 9.97 Å². The molecule has 28 heavy (non-hydrogen) atoms. The number of thiocarbonyl (C=S) groups is 1. The van der Waals surface area contributed by atoms with Crippen molar-refractivity contribution < 1.29 is 4.74 Å². The number of ether oxygens (including phenoxy) is 1. The predicted octanol–water partition coefficient (Wildman–Crippen LogP) is 3.64. The number of aryl methyl sites for hydroxylation is 1. The first-order chi connectivity index (χ1) is 13.6. The van der Waals surface area contributed by atoms with E-state index in [4.69, 9.17) is 17.0 Å². The number of benzene rings is 1. The fraction of sp³-hybridized carbons (Fsp3) is 0.476. The molecule has 1 aliphatic rings. The molecule has 2 N–H and O–H groups in total. The standard InChI is InChI=1S/C21H29N5OS/c1-16-8-7-13-26(15-16)18-14-19(27-2)24-20(23-18)25-21(28)22-12-6-11-17-9-4-3-5-10-17/h3-5,9-10,14,16H,6-8,11-13,15H2,1-2H3,(H2,22,23,24,25,28)/t16-/m1/s1. The van der Waals surface area contributed by atoms with Crippen LogP contribution in [0.15, 0.2) is 36.4 Å². The molecule has 1 aliphatic heterocycles. The monoisotopic (exact) mass is 399 g/mol. The van der Waals surface area contributed by atoms with Crippen LogP contribution in [-0.2, 0) is 6.42 Å². The van der Waals surface area contributed by atoms with Crippen molar-refractivity contribution >= 4 is 29.1 Å². The minimum atomic E-state index is 0.466. The third kappa shape index (κ3) is 6.05. The van der Waals surface area contributed by atoms with E-state index >= 15 is 0 Å². The fourth-order valence-electron chi connectivity index (χ4n) is 3.42. The van der Waals surface area contributed by atoms with Crippen molar-refractivity contribution in [1.29, 1.82) is 0 Å². The normalized spacial score (nSPS) is 16.5. The van der Waals surface area contributed by atoms with E-state index in [2.05, 4.69) is 56.7 Å². The molecule has 0 amide bonds. The second-order valence-electron chi connectivity index (χ2n) is 7.26. The Morgan fingerprint density at radius 1 is 1.29 bits per heavy atom. The third-order valence-electron chi connectivity index (χ3n) is 4.88. The van der Waals surface area contributed by atoms with Crippen molar-refractivity contribution in [2.24, 2.45) is 5.92 Å². The maximum atomic E-state index is 5.41. The Hall–Kier alpha value is -2.41. The highest BCUT2D eigenvalue weighted by atomic mass is 32.1. The predicted molar refractivity (Wildman–Crippen MR) is 118 cm³/mol. The maximum absolute atomic E-state index is 5.41. The first-order valence-corrected chi connectivity index (χ1v) is 10.3. The molecule has 0 saturated carbocycles. The van der Waals surface area contributed by atoms with Crippen LogP contribution in [0, 0.1) is 5.92 Å². The van der Waals surface area contributed by atoms with Crippen LogP contribution in [0.2, 0.25) is 0 Å². The molecule has 1 aromatic carbocycles. The number of aromatic nitrogens is 2. The summed E-state index contributed by atoms with van der Waals surface area (Å²) in [5.74, 6) is 2.55. The SMILES string of the molecule is COc1cc(N2CCC[C@@H](C)C2)nc(NC(=S)NCCCc2ccccc2)n1. The highest BCUT2D eigenvalue weighted by Gasteiger charge is 2.19. The molecule has 2 aromatic rings. The molecule has 0 aliphatic carbocycles. The minimum absolute atomic E-state index is 0.466. The van der Waals surface area contributed by atoms with Gasteiger partial charge >= 0.3 is 0 Å². The van der Waals surface area contributed by atoms with Gasteiger partial charge in [-0.15, -0.1) is 0 Å². The van der Waals surface area contributed by atoms with Gasteiger partial charge < -0.3 is 20.3 Å². The number of hydrogen-bond donors (Lipinski definition) is 2. The Bertz CT molecular complexity index is 771. The molecule has 7 heteroatoms. The molecule has 1 fully saturated rings. The minimum Gasteiger partial charge on any atom is -0.481 e. The third-order valence-corrected chi connectivity index (χ3v) is 5.12. The van der Waals surface area contributed by atoms with Crippen LogP contribution in [0.4, 0.5) is 11.8 Å². The summed E-state index contributed by atoms with van der Waals surface area (Å²) in [6.07, 6.45) is 4.46. The molecule has 1 atom stereocenters. The van der Waals surface area contributed by atoms with E-state index in [-0.39, 0.29) is 0 Å². The van der Waals surface area contributed by atoms with Crippen molar-refractivity contribution in [2.75, 3.05) is 37.0 Å². The van der Waals surface area contributed by atoms with E-state index in [1.807, 2.05) is 12.1 Å². The smallest absolute Gasteiger partial charge is 0.234 e. The van der Waals surface area contributed by atoms with Gasteiger partial charge in [0, 0.05) is 25.7 Å². The van der Waals surface area contributed by atoms with Crippen molar-refractivity contribution in [3.05, 3.63) is 42.0 Å². The van der Waals surface area contributed by atoms with Gasteiger partial charge in [-0.1, -0.05) is 37.3 Å². The summed E-state index contributed by atoms with van der Waals surface area (Å²) in [6.45, 7) is 5.08. The fourth-order valence-corrected chi connectivity index (χ4v) is 3.61. The number of rotatable bonds is 7. The van der Waals surface area contributed by atoms with Crippen LogP contribution < -0.4 is 20.3 Å². The Labute approximate surface area is 172 Å². The molecule has 0 radical (unpaired) electrons. The van der Waals surface area contributed by atoms with E-state index in [0.29, 0.717) is 22.9 Å². The van der Waals surface area contributed by atoms with E-state index in [0.717, 1.165) is 38.3 Å². The number of nitrogens with zero attached hydrogens (tertiary/aromatic N) is 3.